The number of hydrogen-bond donors (Lipinski definition) is 1. The Morgan fingerprint density at radius 1 is 1.22 bits per heavy atom. The third-order valence-electron chi connectivity index (χ3n) is 3.56. The molecule has 0 radical (unpaired) electrons. The van der Waals surface area contributed by atoms with Gasteiger partial charge < -0.3 is 0 Å². The number of nitrogens with one attached hydrogen (secondary N) is 1. The summed E-state index contributed by atoms with van der Waals surface area (Å²) in [6, 6.07) is -0.731. The first kappa shape index (κ1) is 12.5. The molecule has 1 saturated heterocycles. The number of carbonyl (C=O) groups is 4. The number of urea groups is 1. The second kappa shape index (κ2) is 4.04. The van der Waals surface area contributed by atoms with Crippen LogP contribution in [0.2, 0.25) is 0 Å². The van der Waals surface area contributed by atoms with E-state index in [1.165, 1.54) is 20.0 Å². The van der Waals surface area contributed by atoms with E-state index in [2.05, 4.69) is 5.32 Å². The maximum Gasteiger partial charge on any atom is 0.330 e. The minimum atomic E-state index is -1.45. The lowest BCUT2D eigenvalue weighted by Crippen LogP contribution is -2.62. The second-order valence-electron chi connectivity index (χ2n) is 4.74. The van der Waals surface area contributed by atoms with Crippen LogP contribution in [0.15, 0.2) is 11.6 Å². The van der Waals surface area contributed by atoms with Crippen molar-refractivity contribution in [2.24, 2.45) is 5.41 Å². The number of allylic oxidation sites excluding steroid dienone is 1. The van der Waals surface area contributed by atoms with E-state index in [1.807, 2.05) is 0 Å². The van der Waals surface area contributed by atoms with Gasteiger partial charge in [0.2, 0.25) is 11.8 Å². The predicted octanol–water partition coefficient (Wildman–Crippen LogP) is 0.380. The van der Waals surface area contributed by atoms with E-state index in [0.717, 1.165) is 4.90 Å². The molecule has 0 aromatic heterocycles. The fourth-order valence-corrected chi connectivity index (χ4v) is 2.30. The van der Waals surface area contributed by atoms with E-state index >= 15 is 0 Å². The van der Waals surface area contributed by atoms with Crippen LogP contribution >= 0.6 is 0 Å². The lowest BCUT2D eigenvalue weighted by atomic mass is 9.74. The molecule has 0 aromatic rings. The van der Waals surface area contributed by atoms with Crippen LogP contribution in [0.5, 0.6) is 0 Å². The molecule has 1 heterocycles. The van der Waals surface area contributed by atoms with Crippen molar-refractivity contribution in [2.45, 2.75) is 26.2 Å². The summed E-state index contributed by atoms with van der Waals surface area (Å²) in [5.41, 5.74) is -0.959. The van der Waals surface area contributed by atoms with Gasteiger partial charge >= 0.3 is 6.03 Å². The van der Waals surface area contributed by atoms with Crippen LogP contribution in [0.1, 0.15) is 26.2 Å². The van der Waals surface area contributed by atoms with E-state index in [9.17, 15) is 19.2 Å². The number of imide groups is 2. The maximum absolute atomic E-state index is 12.2. The molecule has 0 bridgehead atoms. The quantitative estimate of drug-likeness (QED) is 0.682. The second-order valence-corrected chi connectivity index (χ2v) is 4.74. The summed E-state index contributed by atoms with van der Waals surface area (Å²) in [5.74, 6) is -1.33. The third kappa shape index (κ3) is 1.64. The Kier molecular flexibility index (Phi) is 2.80. The Morgan fingerprint density at radius 2 is 1.89 bits per heavy atom. The highest BCUT2D eigenvalue weighted by Gasteiger charge is 2.51. The van der Waals surface area contributed by atoms with Crippen molar-refractivity contribution in [3.8, 4) is 0 Å². The van der Waals surface area contributed by atoms with Crippen molar-refractivity contribution >= 4 is 23.6 Å². The van der Waals surface area contributed by atoms with Gasteiger partial charge in [0.1, 0.15) is 5.41 Å². The fraction of sp³-hybridized carbons (Fsp3) is 0.500. The summed E-state index contributed by atoms with van der Waals surface area (Å²) < 4.78 is 0. The van der Waals surface area contributed by atoms with Crippen LogP contribution in [0.25, 0.3) is 0 Å². The molecule has 1 aliphatic carbocycles. The lowest BCUT2D eigenvalue weighted by molar-refractivity contribution is -0.146. The molecule has 1 fully saturated rings. The van der Waals surface area contributed by atoms with Crippen LogP contribution in [-0.4, -0.2) is 35.6 Å². The van der Waals surface area contributed by atoms with Gasteiger partial charge in [-0.1, -0.05) is 0 Å². The van der Waals surface area contributed by atoms with E-state index in [4.69, 9.17) is 0 Å². The Labute approximate surface area is 104 Å². The van der Waals surface area contributed by atoms with Crippen molar-refractivity contribution in [1.82, 2.24) is 10.2 Å². The number of hydrogen-bond acceptors (Lipinski definition) is 4. The lowest BCUT2D eigenvalue weighted by Gasteiger charge is -2.37. The van der Waals surface area contributed by atoms with Gasteiger partial charge in [-0.25, -0.2) is 4.79 Å². The number of ketones is 1. The average Bonchev–Trinajstić information content (AvgIpc) is 2.34. The highest BCUT2D eigenvalue weighted by Crippen LogP contribution is 2.37. The molecule has 1 atom stereocenters. The van der Waals surface area contributed by atoms with Crippen molar-refractivity contribution in [2.75, 3.05) is 7.05 Å². The van der Waals surface area contributed by atoms with Gasteiger partial charge in [-0.3, -0.25) is 24.6 Å². The van der Waals surface area contributed by atoms with Crippen LogP contribution in [-0.2, 0) is 14.4 Å². The number of barbiturate groups is 1. The third-order valence-corrected chi connectivity index (χ3v) is 3.56. The molecular formula is C12H14N2O4. The highest BCUT2D eigenvalue weighted by atomic mass is 16.2. The van der Waals surface area contributed by atoms with E-state index in [1.54, 1.807) is 0 Å². The molecule has 96 valence electrons. The molecule has 2 aliphatic rings. The van der Waals surface area contributed by atoms with Gasteiger partial charge in [-0.05, 0) is 31.4 Å². The fourth-order valence-electron chi connectivity index (χ4n) is 2.30. The molecule has 0 spiro atoms. The van der Waals surface area contributed by atoms with E-state index < -0.39 is 23.3 Å². The van der Waals surface area contributed by atoms with Crippen molar-refractivity contribution in [1.29, 1.82) is 0 Å². The molecule has 0 saturated carbocycles. The molecule has 6 heteroatoms. The summed E-state index contributed by atoms with van der Waals surface area (Å²) in [6.07, 6.45) is 2.94. The number of rotatable bonds is 1. The Hall–Kier alpha value is -1.98. The molecule has 1 aliphatic heterocycles. The number of carbonyl (C=O) groups excluding carboxylic acids is 4. The van der Waals surface area contributed by atoms with Gasteiger partial charge in [0, 0.05) is 13.5 Å². The zero-order valence-corrected chi connectivity index (χ0v) is 10.3. The molecule has 4 amide bonds. The largest absolute Gasteiger partial charge is 0.330 e. The smallest absolute Gasteiger partial charge is 0.295 e. The van der Waals surface area contributed by atoms with Gasteiger partial charge in [0.15, 0.2) is 5.78 Å². The van der Waals surface area contributed by atoms with Crippen LogP contribution < -0.4 is 5.32 Å². The molecular weight excluding hydrogens is 236 g/mol. The summed E-state index contributed by atoms with van der Waals surface area (Å²) >= 11 is 0. The predicted molar refractivity (Wildman–Crippen MR) is 61.4 cm³/mol. The standard InChI is InChI=1S/C12H14N2O4/c1-12(7-4-3-5-8(15)6-7)9(16)13-11(18)14(2)10(12)17/h6H,3-5H2,1-2H3,(H,13,16,18)/t12-/m1/s1. The molecule has 0 unspecified atom stereocenters. The molecule has 1 N–H and O–H groups in total. The normalized spacial score (nSPS) is 29.2. The van der Waals surface area contributed by atoms with Crippen molar-refractivity contribution in [3.63, 3.8) is 0 Å². The van der Waals surface area contributed by atoms with Crippen LogP contribution in [0.4, 0.5) is 4.79 Å². The highest BCUT2D eigenvalue weighted by molar-refractivity contribution is 6.21. The van der Waals surface area contributed by atoms with E-state index in [0.29, 0.717) is 24.8 Å². The summed E-state index contributed by atoms with van der Waals surface area (Å²) in [6.45, 7) is 1.46. The summed E-state index contributed by atoms with van der Waals surface area (Å²) in [5, 5.41) is 2.14. The van der Waals surface area contributed by atoms with Crippen LogP contribution in [0, 0.1) is 5.41 Å². The van der Waals surface area contributed by atoms with Gasteiger partial charge in [0.25, 0.3) is 0 Å². The van der Waals surface area contributed by atoms with Gasteiger partial charge in [0.05, 0.1) is 0 Å². The van der Waals surface area contributed by atoms with Crippen molar-refractivity contribution < 1.29 is 19.2 Å². The van der Waals surface area contributed by atoms with Crippen LogP contribution in [0.3, 0.4) is 0 Å². The minimum Gasteiger partial charge on any atom is -0.295 e. The first-order chi connectivity index (χ1) is 8.37. The Morgan fingerprint density at radius 3 is 2.50 bits per heavy atom. The molecule has 2 rings (SSSR count). The SMILES string of the molecule is CN1C(=O)NC(=O)[C@@](C)(C2=CC(=O)CCC2)C1=O. The molecule has 6 nitrogen and oxygen atoms in total. The van der Waals surface area contributed by atoms with Gasteiger partial charge in [-0.15, -0.1) is 0 Å². The number of amides is 4. The summed E-state index contributed by atoms with van der Waals surface area (Å²) in [4.78, 5) is 47.8. The van der Waals surface area contributed by atoms with E-state index in [-0.39, 0.29) is 5.78 Å². The first-order valence-electron chi connectivity index (χ1n) is 5.75. The average molecular weight is 250 g/mol. The molecule has 18 heavy (non-hydrogen) atoms. The number of nitrogens with zero attached hydrogens (tertiary/aromatic N) is 1. The topological polar surface area (TPSA) is 83.6 Å². The minimum absolute atomic E-state index is 0.0855. The Balaban J connectivity index is 2.45. The first-order valence-corrected chi connectivity index (χ1v) is 5.75. The summed E-state index contributed by atoms with van der Waals surface area (Å²) in [7, 11) is 1.31. The van der Waals surface area contributed by atoms with Crippen molar-refractivity contribution in [3.05, 3.63) is 11.6 Å². The van der Waals surface area contributed by atoms with Gasteiger partial charge in [-0.2, -0.15) is 0 Å². The maximum atomic E-state index is 12.2. The monoisotopic (exact) mass is 250 g/mol. The Bertz CT molecular complexity index is 494. The molecule has 0 aromatic carbocycles. The zero-order chi connectivity index (χ0) is 13.5. The zero-order valence-electron chi connectivity index (χ0n) is 10.3.